The largest absolute Gasteiger partial charge is 0.464 e. The first-order valence-electron chi connectivity index (χ1n) is 7.54. The summed E-state index contributed by atoms with van der Waals surface area (Å²) in [6.07, 6.45) is 7.38. The zero-order valence-corrected chi connectivity index (χ0v) is 13.8. The van der Waals surface area contributed by atoms with Gasteiger partial charge in [0.25, 0.3) is 0 Å². The second-order valence-corrected chi connectivity index (χ2v) is 5.18. The average Bonchev–Trinajstić information content (AvgIpc) is 2.55. The van der Waals surface area contributed by atoms with Crippen LogP contribution in [-0.2, 0) is 28.6 Å². The minimum atomic E-state index is -0.562. The van der Waals surface area contributed by atoms with Gasteiger partial charge in [-0.15, -0.1) is 0 Å². The van der Waals surface area contributed by atoms with Crippen LogP contribution in [0.25, 0.3) is 0 Å². The number of rotatable bonds is 5. The molecule has 1 unspecified atom stereocenters. The molecule has 1 aliphatic carbocycles. The number of hydrogen-bond acceptors (Lipinski definition) is 7. The Labute approximate surface area is 139 Å². The lowest BCUT2D eigenvalue weighted by Gasteiger charge is -2.27. The Kier molecular flexibility index (Phi) is 5.57. The van der Waals surface area contributed by atoms with E-state index in [4.69, 9.17) is 14.2 Å². The fourth-order valence-electron chi connectivity index (χ4n) is 2.21. The Bertz CT molecular complexity index is 671. The predicted molar refractivity (Wildman–Crippen MR) is 83.8 cm³/mol. The smallest absolute Gasteiger partial charge is 0.328 e. The van der Waals surface area contributed by atoms with Crippen LogP contribution in [0.1, 0.15) is 27.2 Å². The van der Waals surface area contributed by atoms with Crippen molar-refractivity contribution in [3.05, 3.63) is 47.9 Å². The number of esters is 2. The molecule has 1 heterocycles. The van der Waals surface area contributed by atoms with Crippen molar-refractivity contribution in [1.29, 1.82) is 0 Å². The number of ketones is 1. The standard InChI is InChI=1S/C17H19NO6/c1-4-22-17(21)11(2)18-7-8-23-16(10-18)14-9-13(20)5-6-15(14)24-12(3)19/h5-8,10-11H,4,9H2,1-3H3. The molecule has 0 aromatic heterocycles. The van der Waals surface area contributed by atoms with Crippen molar-refractivity contribution in [2.45, 2.75) is 33.2 Å². The van der Waals surface area contributed by atoms with Crippen molar-refractivity contribution < 1.29 is 28.6 Å². The van der Waals surface area contributed by atoms with Gasteiger partial charge in [0, 0.05) is 31.3 Å². The van der Waals surface area contributed by atoms with Crippen molar-refractivity contribution >= 4 is 17.7 Å². The molecule has 1 aliphatic heterocycles. The minimum Gasteiger partial charge on any atom is -0.464 e. The molecular weight excluding hydrogens is 314 g/mol. The van der Waals surface area contributed by atoms with Gasteiger partial charge in [0.15, 0.2) is 5.78 Å². The molecule has 0 aromatic rings. The van der Waals surface area contributed by atoms with E-state index in [0.29, 0.717) is 11.3 Å². The molecule has 128 valence electrons. The third kappa shape index (κ3) is 4.13. The summed E-state index contributed by atoms with van der Waals surface area (Å²) < 4.78 is 15.6. The lowest BCUT2D eigenvalue weighted by atomic mass is 10.0. The van der Waals surface area contributed by atoms with Crippen LogP contribution in [-0.4, -0.2) is 35.3 Å². The number of carbonyl (C=O) groups excluding carboxylic acids is 3. The molecular formula is C17H19NO6. The van der Waals surface area contributed by atoms with E-state index < -0.39 is 12.0 Å². The highest BCUT2D eigenvalue weighted by Gasteiger charge is 2.26. The zero-order valence-electron chi connectivity index (χ0n) is 13.8. The summed E-state index contributed by atoms with van der Waals surface area (Å²) in [5.41, 5.74) is 0.447. The highest BCUT2D eigenvalue weighted by molar-refractivity contribution is 5.94. The van der Waals surface area contributed by atoms with E-state index in [1.165, 1.54) is 25.3 Å². The normalized spacial score (nSPS) is 18.0. The maximum absolute atomic E-state index is 11.9. The fraction of sp³-hybridized carbons (Fsp3) is 0.353. The van der Waals surface area contributed by atoms with E-state index >= 15 is 0 Å². The molecule has 0 radical (unpaired) electrons. The minimum absolute atomic E-state index is 0.0421. The number of ether oxygens (including phenoxy) is 3. The van der Waals surface area contributed by atoms with Crippen LogP contribution in [0.3, 0.4) is 0 Å². The number of allylic oxidation sites excluding steroid dienone is 3. The van der Waals surface area contributed by atoms with Crippen LogP contribution in [0.2, 0.25) is 0 Å². The molecule has 0 fully saturated rings. The van der Waals surface area contributed by atoms with Crippen LogP contribution in [0.15, 0.2) is 47.9 Å². The Morgan fingerprint density at radius 3 is 2.79 bits per heavy atom. The zero-order chi connectivity index (χ0) is 17.7. The Hall–Kier alpha value is -2.83. The van der Waals surface area contributed by atoms with E-state index in [9.17, 15) is 14.4 Å². The van der Waals surface area contributed by atoms with Gasteiger partial charge in [0.1, 0.15) is 23.8 Å². The second kappa shape index (κ2) is 7.63. The monoisotopic (exact) mass is 333 g/mol. The summed E-state index contributed by atoms with van der Waals surface area (Å²) in [5, 5.41) is 0. The van der Waals surface area contributed by atoms with Crippen LogP contribution in [0.4, 0.5) is 0 Å². The van der Waals surface area contributed by atoms with Gasteiger partial charge in [-0.3, -0.25) is 9.59 Å². The topological polar surface area (TPSA) is 82.1 Å². The maximum Gasteiger partial charge on any atom is 0.328 e. The summed E-state index contributed by atoms with van der Waals surface area (Å²) in [5.74, 6) is -0.418. The summed E-state index contributed by atoms with van der Waals surface area (Å²) in [4.78, 5) is 36.4. The van der Waals surface area contributed by atoms with Gasteiger partial charge in [-0.2, -0.15) is 0 Å². The first-order chi connectivity index (χ1) is 11.4. The fourth-order valence-corrected chi connectivity index (χ4v) is 2.21. The molecule has 2 aliphatic rings. The molecule has 1 atom stereocenters. The van der Waals surface area contributed by atoms with Crippen LogP contribution in [0, 0.1) is 0 Å². The highest BCUT2D eigenvalue weighted by Crippen LogP contribution is 2.28. The van der Waals surface area contributed by atoms with Crippen LogP contribution in [0.5, 0.6) is 0 Å². The average molecular weight is 333 g/mol. The first kappa shape index (κ1) is 17.5. The van der Waals surface area contributed by atoms with E-state index in [0.717, 1.165) is 0 Å². The Morgan fingerprint density at radius 1 is 1.38 bits per heavy atom. The Balaban J connectivity index is 2.29. The molecule has 7 nitrogen and oxygen atoms in total. The molecule has 0 bridgehead atoms. The maximum atomic E-state index is 11.9. The lowest BCUT2D eigenvalue weighted by molar-refractivity contribution is -0.147. The van der Waals surface area contributed by atoms with Gasteiger partial charge in [-0.1, -0.05) is 0 Å². The number of nitrogens with zero attached hydrogens (tertiary/aromatic N) is 1. The summed E-state index contributed by atoms with van der Waals surface area (Å²) in [6.45, 7) is 4.99. The SMILES string of the molecule is CCOC(=O)C(C)N1C=COC(C2=C(OC(C)=O)C=CC(=O)C2)=C1. The Morgan fingerprint density at radius 2 is 2.12 bits per heavy atom. The van der Waals surface area contributed by atoms with E-state index in [2.05, 4.69) is 0 Å². The van der Waals surface area contributed by atoms with E-state index in [1.54, 1.807) is 31.1 Å². The first-order valence-corrected chi connectivity index (χ1v) is 7.54. The number of hydrogen-bond donors (Lipinski definition) is 0. The third-order valence-electron chi connectivity index (χ3n) is 3.39. The third-order valence-corrected chi connectivity index (χ3v) is 3.39. The van der Waals surface area contributed by atoms with Crippen molar-refractivity contribution in [1.82, 2.24) is 4.90 Å². The van der Waals surface area contributed by atoms with Crippen molar-refractivity contribution in [2.24, 2.45) is 0 Å². The van der Waals surface area contributed by atoms with Gasteiger partial charge in [0.05, 0.1) is 6.61 Å². The summed E-state index contributed by atoms with van der Waals surface area (Å²) >= 11 is 0. The molecule has 0 saturated carbocycles. The lowest BCUT2D eigenvalue weighted by Crippen LogP contribution is -2.34. The molecule has 2 rings (SSSR count). The second-order valence-electron chi connectivity index (χ2n) is 5.18. The van der Waals surface area contributed by atoms with Gasteiger partial charge in [0.2, 0.25) is 0 Å². The molecule has 0 saturated heterocycles. The van der Waals surface area contributed by atoms with Crippen LogP contribution < -0.4 is 0 Å². The van der Waals surface area contributed by atoms with Crippen molar-refractivity contribution in [3.8, 4) is 0 Å². The van der Waals surface area contributed by atoms with Gasteiger partial charge in [-0.05, 0) is 26.0 Å². The molecule has 0 aromatic carbocycles. The highest BCUT2D eigenvalue weighted by atomic mass is 16.5. The quantitative estimate of drug-likeness (QED) is 0.711. The van der Waals surface area contributed by atoms with E-state index in [-0.39, 0.29) is 30.5 Å². The van der Waals surface area contributed by atoms with Crippen molar-refractivity contribution in [2.75, 3.05) is 6.61 Å². The molecule has 0 spiro atoms. The van der Waals surface area contributed by atoms with Gasteiger partial charge in [-0.25, -0.2) is 4.79 Å². The van der Waals surface area contributed by atoms with Crippen LogP contribution >= 0.6 is 0 Å². The molecule has 24 heavy (non-hydrogen) atoms. The summed E-state index contributed by atoms with van der Waals surface area (Å²) in [6, 6.07) is -0.562. The number of carbonyl (C=O) groups is 3. The van der Waals surface area contributed by atoms with Crippen molar-refractivity contribution in [3.63, 3.8) is 0 Å². The molecule has 7 heteroatoms. The molecule has 0 N–H and O–H groups in total. The predicted octanol–water partition coefficient (Wildman–Crippen LogP) is 1.93. The van der Waals surface area contributed by atoms with E-state index in [1.807, 2.05) is 0 Å². The van der Waals surface area contributed by atoms with Gasteiger partial charge >= 0.3 is 11.9 Å². The molecule has 0 amide bonds. The summed E-state index contributed by atoms with van der Waals surface area (Å²) in [7, 11) is 0. The van der Waals surface area contributed by atoms with Gasteiger partial charge < -0.3 is 19.1 Å².